The molecule has 0 amide bonds. The summed E-state index contributed by atoms with van der Waals surface area (Å²) < 4.78 is 0. The van der Waals surface area contributed by atoms with Crippen molar-refractivity contribution >= 4 is 0 Å². The molecule has 0 aromatic carbocycles. The quantitative estimate of drug-likeness (QED) is 0.705. The Bertz CT molecular complexity index is 374. The number of nitriles is 1. The molecule has 0 aliphatic carbocycles. The fraction of sp³-hybridized carbons (Fsp3) is 0.600. The summed E-state index contributed by atoms with van der Waals surface area (Å²) in [6.45, 7) is 7.65. The van der Waals surface area contributed by atoms with Crippen LogP contribution in [0.15, 0.2) is 18.3 Å². The Balaban J connectivity index is 2.59. The highest BCUT2D eigenvalue weighted by Crippen LogP contribution is 2.08. The van der Waals surface area contributed by atoms with Crippen molar-refractivity contribution in [2.75, 3.05) is 13.1 Å². The second-order valence-electron chi connectivity index (χ2n) is 4.64. The van der Waals surface area contributed by atoms with Crippen molar-refractivity contribution in [3.8, 4) is 6.07 Å². The summed E-state index contributed by atoms with van der Waals surface area (Å²) in [7, 11) is 0. The molecule has 1 aromatic heterocycles. The number of hydrogen-bond acceptors (Lipinski definition) is 3. The molecule has 0 atom stereocenters. The van der Waals surface area contributed by atoms with E-state index in [9.17, 15) is 0 Å². The van der Waals surface area contributed by atoms with Gasteiger partial charge in [-0.15, -0.1) is 0 Å². The zero-order valence-corrected chi connectivity index (χ0v) is 11.5. The largest absolute Gasteiger partial charge is 0.299 e. The standard InChI is InChI=1S/C15H23N3/c1-3-5-9-18(10-6-4-2)13-14-7-8-17-15(11-14)12-16/h7-8,11H,3-6,9-10,13H2,1-2H3. The molecule has 0 aliphatic heterocycles. The van der Waals surface area contributed by atoms with Gasteiger partial charge < -0.3 is 0 Å². The molecule has 0 unspecified atom stereocenters. The van der Waals surface area contributed by atoms with Gasteiger partial charge in [0, 0.05) is 12.7 Å². The Kier molecular flexibility index (Phi) is 7.05. The number of pyridine rings is 1. The van der Waals surface area contributed by atoms with Crippen molar-refractivity contribution in [2.45, 2.75) is 46.1 Å². The topological polar surface area (TPSA) is 39.9 Å². The highest BCUT2D eigenvalue weighted by molar-refractivity contribution is 5.25. The van der Waals surface area contributed by atoms with Crippen LogP contribution in [0.2, 0.25) is 0 Å². The Morgan fingerprint density at radius 1 is 1.22 bits per heavy atom. The first kappa shape index (κ1) is 14.7. The van der Waals surface area contributed by atoms with E-state index in [4.69, 9.17) is 5.26 Å². The zero-order chi connectivity index (χ0) is 13.2. The molecular weight excluding hydrogens is 222 g/mol. The molecule has 1 heterocycles. The molecule has 1 aromatic rings. The van der Waals surface area contributed by atoms with Crippen LogP contribution in [-0.2, 0) is 6.54 Å². The SMILES string of the molecule is CCCCN(CCCC)Cc1ccnc(C#N)c1. The number of hydrogen-bond donors (Lipinski definition) is 0. The maximum absolute atomic E-state index is 8.85. The van der Waals surface area contributed by atoms with Crippen LogP contribution in [-0.4, -0.2) is 23.0 Å². The van der Waals surface area contributed by atoms with Crippen LogP contribution in [0.1, 0.15) is 50.8 Å². The van der Waals surface area contributed by atoms with E-state index in [-0.39, 0.29) is 0 Å². The second-order valence-corrected chi connectivity index (χ2v) is 4.64. The van der Waals surface area contributed by atoms with Gasteiger partial charge in [0.1, 0.15) is 11.8 Å². The van der Waals surface area contributed by atoms with Crippen LogP contribution in [0.5, 0.6) is 0 Å². The first-order valence-corrected chi connectivity index (χ1v) is 6.87. The summed E-state index contributed by atoms with van der Waals surface area (Å²) >= 11 is 0. The summed E-state index contributed by atoms with van der Waals surface area (Å²) in [5.41, 5.74) is 1.70. The monoisotopic (exact) mass is 245 g/mol. The molecule has 0 N–H and O–H groups in total. The number of unbranched alkanes of at least 4 members (excludes halogenated alkanes) is 2. The van der Waals surface area contributed by atoms with Gasteiger partial charge in [-0.2, -0.15) is 5.26 Å². The molecule has 0 spiro atoms. The van der Waals surface area contributed by atoms with Crippen molar-refractivity contribution < 1.29 is 0 Å². The smallest absolute Gasteiger partial charge is 0.140 e. The maximum Gasteiger partial charge on any atom is 0.140 e. The Labute approximate surface area is 110 Å². The summed E-state index contributed by atoms with van der Waals surface area (Å²) in [5, 5.41) is 8.85. The van der Waals surface area contributed by atoms with E-state index in [1.807, 2.05) is 12.1 Å². The second kappa shape index (κ2) is 8.66. The molecule has 0 saturated carbocycles. The van der Waals surface area contributed by atoms with E-state index >= 15 is 0 Å². The lowest BCUT2D eigenvalue weighted by Gasteiger charge is -2.22. The summed E-state index contributed by atoms with van der Waals surface area (Å²) in [6, 6.07) is 6.00. The lowest BCUT2D eigenvalue weighted by atomic mass is 10.2. The van der Waals surface area contributed by atoms with Crippen molar-refractivity contribution in [3.05, 3.63) is 29.6 Å². The van der Waals surface area contributed by atoms with Crippen LogP contribution >= 0.6 is 0 Å². The first-order valence-electron chi connectivity index (χ1n) is 6.87. The molecular formula is C15H23N3. The lowest BCUT2D eigenvalue weighted by molar-refractivity contribution is 0.257. The maximum atomic E-state index is 8.85. The predicted octanol–water partition coefficient (Wildman–Crippen LogP) is 3.36. The van der Waals surface area contributed by atoms with Crippen LogP contribution < -0.4 is 0 Å². The summed E-state index contributed by atoms with van der Waals surface area (Å²) in [4.78, 5) is 6.49. The summed E-state index contributed by atoms with van der Waals surface area (Å²) in [5.74, 6) is 0. The summed E-state index contributed by atoms with van der Waals surface area (Å²) in [6.07, 6.45) is 6.65. The van der Waals surface area contributed by atoms with Gasteiger partial charge in [0.15, 0.2) is 0 Å². The Morgan fingerprint density at radius 2 is 1.89 bits per heavy atom. The van der Waals surface area contributed by atoms with Gasteiger partial charge in [-0.3, -0.25) is 4.90 Å². The fourth-order valence-electron chi connectivity index (χ4n) is 1.93. The predicted molar refractivity (Wildman–Crippen MR) is 74.0 cm³/mol. The molecule has 3 heteroatoms. The van der Waals surface area contributed by atoms with E-state index in [0.29, 0.717) is 5.69 Å². The van der Waals surface area contributed by atoms with Gasteiger partial charge in [0.2, 0.25) is 0 Å². The normalized spacial score (nSPS) is 10.6. The average Bonchev–Trinajstić information content (AvgIpc) is 2.42. The molecule has 0 bridgehead atoms. The van der Waals surface area contributed by atoms with Gasteiger partial charge in [0.25, 0.3) is 0 Å². The van der Waals surface area contributed by atoms with E-state index in [2.05, 4.69) is 29.8 Å². The van der Waals surface area contributed by atoms with Crippen LogP contribution in [0, 0.1) is 11.3 Å². The van der Waals surface area contributed by atoms with E-state index in [0.717, 1.165) is 19.6 Å². The molecule has 1 rings (SSSR count). The Hall–Kier alpha value is -1.40. The van der Waals surface area contributed by atoms with Gasteiger partial charge in [-0.05, 0) is 43.6 Å². The third-order valence-corrected chi connectivity index (χ3v) is 3.00. The van der Waals surface area contributed by atoms with Crippen molar-refractivity contribution in [1.82, 2.24) is 9.88 Å². The van der Waals surface area contributed by atoms with Gasteiger partial charge in [-0.1, -0.05) is 26.7 Å². The van der Waals surface area contributed by atoms with Gasteiger partial charge in [-0.25, -0.2) is 4.98 Å². The number of aromatic nitrogens is 1. The van der Waals surface area contributed by atoms with E-state index in [1.54, 1.807) is 6.20 Å². The minimum Gasteiger partial charge on any atom is -0.299 e. The van der Waals surface area contributed by atoms with Crippen molar-refractivity contribution in [3.63, 3.8) is 0 Å². The van der Waals surface area contributed by atoms with Crippen LogP contribution in [0.25, 0.3) is 0 Å². The average molecular weight is 245 g/mol. The molecule has 0 radical (unpaired) electrons. The van der Waals surface area contributed by atoms with E-state index in [1.165, 1.54) is 31.2 Å². The lowest BCUT2D eigenvalue weighted by Crippen LogP contribution is -2.25. The number of nitrogens with zero attached hydrogens (tertiary/aromatic N) is 3. The first-order chi connectivity index (χ1) is 8.80. The molecule has 0 fully saturated rings. The van der Waals surface area contributed by atoms with Crippen molar-refractivity contribution in [2.24, 2.45) is 0 Å². The van der Waals surface area contributed by atoms with E-state index < -0.39 is 0 Å². The third kappa shape index (κ3) is 5.29. The molecule has 0 saturated heterocycles. The fourth-order valence-corrected chi connectivity index (χ4v) is 1.93. The number of rotatable bonds is 8. The highest BCUT2D eigenvalue weighted by atomic mass is 15.1. The minimum atomic E-state index is 0.512. The van der Waals surface area contributed by atoms with Gasteiger partial charge >= 0.3 is 0 Å². The molecule has 98 valence electrons. The zero-order valence-electron chi connectivity index (χ0n) is 11.5. The highest BCUT2D eigenvalue weighted by Gasteiger charge is 2.05. The Morgan fingerprint density at radius 3 is 2.44 bits per heavy atom. The minimum absolute atomic E-state index is 0.512. The molecule has 3 nitrogen and oxygen atoms in total. The molecule has 0 aliphatic rings. The molecule has 18 heavy (non-hydrogen) atoms. The van der Waals surface area contributed by atoms with Crippen LogP contribution in [0.4, 0.5) is 0 Å². The third-order valence-electron chi connectivity index (χ3n) is 3.00. The van der Waals surface area contributed by atoms with Crippen molar-refractivity contribution in [1.29, 1.82) is 5.26 Å². The van der Waals surface area contributed by atoms with Crippen LogP contribution in [0.3, 0.4) is 0 Å². The van der Waals surface area contributed by atoms with Gasteiger partial charge in [0.05, 0.1) is 0 Å².